The van der Waals surface area contributed by atoms with Crippen LogP contribution in [-0.2, 0) is 32.2 Å². The van der Waals surface area contributed by atoms with Crippen LogP contribution in [0.25, 0.3) is 0 Å². The van der Waals surface area contributed by atoms with Gasteiger partial charge in [0.2, 0.25) is 23.1 Å². The van der Waals surface area contributed by atoms with Crippen molar-refractivity contribution in [3.63, 3.8) is 0 Å². The molecule has 4 aromatic carbocycles. The molecule has 0 spiro atoms. The van der Waals surface area contributed by atoms with Gasteiger partial charge in [-0.25, -0.2) is 0 Å². The highest BCUT2D eigenvalue weighted by Gasteiger charge is 2.66. The van der Waals surface area contributed by atoms with Gasteiger partial charge in [0.15, 0.2) is 17.0 Å². The molecule has 1 unspecified atom stereocenters. The van der Waals surface area contributed by atoms with E-state index in [9.17, 15) is 45.5 Å². The molecule has 7 heterocycles. The predicted octanol–water partition coefficient (Wildman–Crippen LogP) is 15.8. The molecule has 0 saturated heterocycles. The number of aryl methyl sites for hydroxylation is 2. The number of nitrogens with zero attached hydrogens (tertiary/aromatic N) is 14. The van der Waals surface area contributed by atoms with E-state index in [2.05, 4.69) is 138 Å². The van der Waals surface area contributed by atoms with Gasteiger partial charge in [-0.15, -0.1) is 20.5 Å². The normalized spacial score (nSPS) is 18.0. The molecule has 0 fully saturated rings. The van der Waals surface area contributed by atoms with E-state index in [1.165, 1.54) is 60.9 Å². The quantitative estimate of drug-likeness (QED) is 0.0628. The van der Waals surface area contributed by atoms with Crippen LogP contribution in [0.4, 0.5) is 26.3 Å². The van der Waals surface area contributed by atoms with Crippen molar-refractivity contribution >= 4 is 23.6 Å². The minimum Gasteiger partial charge on any atom is -0.356 e. The molecular weight excluding hydrogens is 1170 g/mol. The Hall–Kier alpha value is -8.46. The molecule has 0 bridgehead atoms. The highest BCUT2D eigenvalue weighted by atomic mass is 19.4. The fourth-order valence-electron chi connectivity index (χ4n) is 8.09. The summed E-state index contributed by atoms with van der Waals surface area (Å²) < 4.78 is 75.7. The third-order valence-electron chi connectivity index (χ3n) is 14.1. The maximum atomic E-state index is 12.7. The van der Waals surface area contributed by atoms with Crippen molar-refractivity contribution in [2.45, 2.75) is 199 Å². The third kappa shape index (κ3) is 22.5. The lowest BCUT2D eigenvalue weighted by molar-refractivity contribution is -0.166. The number of halogens is 6. The Labute approximate surface area is 520 Å². The van der Waals surface area contributed by atoms with Crippen LogP contribution in [-0.4, -0.2) is 78.6 Å². The number of rotatable bonds is 20. The lowest BCUT2D eigenvalue weighted by Gasteiger charge is -2.14. The molecule has 0 aliphatic carbocycles. The molecule has 7 aliphatic rings. The molecule has 7 aliphatic heterocycles. The zero-order valence-corrected chi connectivity index (χ0v) is 53.3. The van der Waals surface area contributed by atoms with Crippen molar-refractivity contribution in [2.75, 3.05) is 19.6 Å². The van der Waals surface area contributed by atoms with Crippen LogP contribution in [0.2, 0.25) is 0 Å². The summed E-state index contributed by atoms with van der Waals surface area (Å²) in [4.78, 5) is 44.9. The first-order chi connectivity index (χ1) is 42.2. The van der Waals surface area contributed by atoms with Crippen molar-refractivity contribution in [1.29, 1.82) is 0 Å². The van der Waals surface area contributed by atoms with Crippen molar-refractivity contribution in [3.8, 4) is 0 Å². The lowest BCUT2D eigenvalue weighted by Crippen LogP contribution is -2.33. The van der Waals surface area contributed by atoms with Gasteiger partial charge in [0, 0.05) is 85.2 Å². The first-order valence-electron chi connectivity index (χ1n) is 29.8. The lowest BCUT2D eigenvalue weighted by atomic mass is 10.0. The average molecular weight is 1260 g/mol. The van der Waals surface area contributed by atoms with Gasteiger partial charge in [-0.2, -0.15) is 77.5 Å². The van der Waals surface area contributed by atoms with E-state index in [0.717, 1.165) is 56.2 Å². The molecular formula is C62H82F6N18O4. The molecule has 486 valence electrons. The largest absolute Gasteiger partial charge is 0.442 e. The maximum absolute atomic E-state index is 12.7. The number of nitrogens with one attached hydrogen (secondary N) is 4. The molecule has 22 nitrogen and oxygen atoms in total. The van der Waals surface area contributed by atoms with Crippen molar-refractivity contribution in [3.05, 3.63) is 142 Å². The van der Waals surface area contributed by atoms with Gasteiger partial charge in [0.25, 0.3) is 11.8 Å². The summed E-state index contributed by atoms with van der Waals surface area (Å²) in [5.41, 5.74) is -0.273. The molecule has 0 aromatic heterocycles. The predicted molar refractivity (Wildman–Crippen MR) is 325 cm³/mol. The first-order valence-corrected chi connectivity index (χ1v) is 29.8. The topological polar surface area (TPSA) is 289 Å². The second kappa shape index (κ2) is 30.4. The number of hydrogen-bond donors (Lipinski definition) is 4. The minimum atomic E-state index is -4.54. The smallest absolute Gasteiger partial charge is 0.356 e. The second-order valence-electron chi connectivity index (χ2n) is 23.2. The van der Waals surface area contributed by atoms with Crippen molar-refractivity contribution < 1.29 is 45.5 Å². The number of alkyl halides is 6. The molecule has 0 saturated carbocycles. The number of benzene rings is 4. The van der Waals surface area contributed by atoms with Crippen molar-refractivity contribution in [2.24, 2.45) is 71.6 Å². The standard InChI is InChI=1S/C12H12F3N3O.C12H15N3O.C9H7F3N2.C9H10N2.C8H15N3O.C7H13N3O.C5H10N2/c1-2-7-16-10(19)8-3-5-9(6-4-8)11(17-18-11)12(13,14)15;1-3-8-13-11(16)9-4-6-10(7-5-9)12(2)14-15-12;1-6-2-4-7(5-3-6)8(13-14-8)9(10,11)12;1-7-3-5-8(6-4-7)9(2)10-11-9;1-3-6-9-7(12)4-5-8(2)10-11-8;1-5(8-6(2)11)4-7(3)9-10-7;1-3-4-5(2)6-7-5/h3-6H,2,7H2,1H3,(H,16,19);4-7H,3,8H2,1-2H3,(H,13,16);2-5H,1H3;3-6H,1-2H3;3-6H2,1-2H3,(H,9,12);5H,4H2,1-3H3,(H,8,11);3-4H2,1-2H3. The van der Waals surface area contributed by atoms with E-state index in [1.54, 1.807) is 12.1 Å². The van der Waals surface area contributed by atoms with Gasteiger partial charge in [-0.1, -0.05) is 118 Å². The fourth-order valence-corrected chi connectivity index (χ4v) is 8.09. The van der Waals surface area contributed by atoms with Gasteiger partial charge in [-0.05, 0) is 105 Å². The third-order valence-corrected chi connectivity index (χ3v) is 14.1. The SMILES string of the molecule is CC(=O)NC(C)CC1(C)N=N1.CCCC1(C)N=N1.CCCNC(=O)CCC1(C)N=N1.CCCNC(=O)c1ccc(C2(C(F)(F)F)N=N2)cc1.CCCNC(=O)c1ccc(C2(C)N=N2)cc1.Cc1ccc(C2(C(F)(F)F)N=N2)cc1.Cc1ccc(C2(C)N=N2)cc1. The monoisotopic (exact) mass is 1260 g/mol. The molecule has 0 radical (unpaired) electrons. The van der Waals surface area contributed by atoms with E-state index < -0.39 is 23.7 Å². The number of carbonyl (C=O) groups is 4. The van der Waals surface area contributed by atoms with Crippen LogP contribution in [0, 0.1) is 13.8 Å². The van der Waals surface area contributed by atoms with E-state index >= 15 is 0 Å². The molecule has 1 atom stereocenters. The molecule has 4 aromatic rings. The summed E-state index contributed by atoms with van der Waals surface area (Å²) in [5, 5.41) is 62.4. The van der Waals surface area contributed by atoms with Gasteiger partial charge in [-0.3, -0.25) is 19.2 Å². The Morgan fingerprint density at radius 3 is 1.04 bits per heavy atom. The molecule has 4 N–H and O–H groups in total. The van der Waals surface area contributed by atoms with E-state index in [-0.39, 0.29) is 69.1 Å². The van der Waals surface area contributed by atoms with Crippen LogP contribution in [0.15, 0.2) is 169 Å². The van der Waals surface area contributed by atoms with Crippen LogP contribution in [0.3, 0.4) is 0 Å². The van der Waals surface area contributed by atoms with E-state index in [4.69, 9.17) is 0 Å². The van der Waals surface area contributed by atoms with E-state index in [1.807, 2.05) is 86.6 Å². The number of carbonyl (C=O) groups excluding carboxylic acids is 4. The summed E-state index contributed by atoms with van der Waals surface area (Å²) in [6.07, 6.45) is -1.88. The van der Waals surface area contributed by atoms with Crippen molar-refractivity contribution in [1.82, 2.24) is 21.3 Å². The summed E-state index contributed by atoms with van der Waals surface area (Å²) >= 11 is 0. The molecule has 28 heteroatoms. The zero-order chi connectivity index (χ0) is 66.8. The molecule has 11 rings (SSSR count). The highest BCUT2D eigenvalue weighted by Crippen LogP contribution is 2.53. The van der Waals surface area contributed by atoms with Crippen LogP contribution in [0.1, 0.15) is 182 Å². The highest BCUT2D eigenvalue weighted by molar-refractivity contribution is 5.94. The van der Waals surface area contributed by atoms with Crippen LogP contribution < -0.4 is 21.3 Å². The van der Waals surface area contributed by atoms with E-state index in [0.29, 0.717) is 30.6 Å². The summed E-state index contributed by atoms with van der Waals surface area (Å²) in [6, 6.07) is 27.1. The molecule has 4 amide bonds. The van der Waals surface area contributed by atoms with Crippen LogP contribution >= 0.6 is 0 Å². The van der Waals surface area contributed by atoms with Gasteiger partial charge in [0.05, 0.1) is 0 Å². The zero-order valence-electron chi connectivity index (χ0n) is 53.3. The number of amides is 4. The Kier molecular flexibility index (Phi) is 24.4. The van der Waals surface area contributed by atoms with Gasteiger partial charge < -0.3 is 21.3 Å². The molecule has 90 heavy (non-hydrogen) atoms. The average Bonchev–Trinajstić information content (AvgIpc) is 1.60. The first kappa shape index (κ1) is 72.3. The maximum Gasteiger partial charge on any atom is 0.442 e. The Morgan fingerprint density at radius 1 is 0.433 bits per heavy atom. The summed E-state index contributed by atoms with van der Waals surface area (Å²) in [5.74, 6) is -0.223. The van der Waals surface area contributed by atoms with Gasteiger partial charge in [0.1, 0.15) is 0 Å². The summed E-state index contributed by atoms with van der Waals surface area (Å²) in [6.45, 7) is 27.4. The van der Waals surface area contributed by atoms with Gasteiger partial charge >= 0.3 is 23.7 Å². The summed E-state index contributed by atoms with van der Waals surface area (Å²) in [7, 11) is 0. The number of hydrogen-bond acceptors (Lipinski definition) is 18. The minimum absolute atomic E-state index is 0.00162. The second-order valence-corrected chi connectivity index (χ2v) is 23.2. The van der Waals surface area contributed by atoms with Crippen LogP contribution in [0.5, 0.6) is 0 Å². The Morgan fingerprint density at radius 2 is 0.756 bits per heavy atom. The Balaban J connectivity index is 0.000000194. The fraction of sp³-hybridized carbons (Fsp3) is 0.548. The Bertz CT molecular complexity index is 3250.